The van der Waals surface area contributed by atoms with Crippen molar-refractivity contribution in [3.63, 3.8) is 0 Å². The van der Waals surface area contributed by atoms with E-state index >= 15 is 0 Å². The third-order valence-electron chi connectivity index (χ3n) is 3.17. The zero-order chi connectivity index (χ0) is 13.1. The van der Waals surface area contributed by atoms with Gasteiger partial charge in [0, 0.05) is 25.8 Å². The van der Waals surface area contributed by atoms with Gasteiger partial charge in [-0.3, -0.25) is 14.9 Å². The minimum absolute atomic E-state index is 0.0641. The number of carbonyl (C=O) groups excluding carboxylic acids is 1. The summed E-state index contributed by atoms with van der Waals surface area (Å²) in [6.45, 7) is 1.19. The van der Waals surface area contributed by atoms with Gasteiger partial charge in [-0.25, -0.2) is 0 Å². The van der Waals surface area contributed by atoms with Crippen LogP contribution in [0.15, 0.2) is 12.3 Å². The molecule has 7 heteroatoms. The van der Waals surface area contributed by atoms with Crippen molar-refractivity contribution in [1.29, 1.82) is 0 Å². The summed E-state index contributed by atoms with van der Waals surface area (Å²) >= 11 is 0. The molecular formula is C11H15N3O4. The number of aromatic nitrogens is 1. The number of aliphatic hydroxyl groups is 1. The second-order valence-electron chi connectivity index (χ2n) is 4.47. The van der Waals surface area contributed by atoms with E-state index in [1.165, 1.54) is 12.3 Å². The summed E-state index contributed by atoms with van der Waals surface area (Å²) in [5.74, 6) is -0.145. The number of nitro groups is 1. The van der Waals surface area contributed by atoms with Gasteiger partial charge in [0.15, 0.2) is 0 Å². The molecule has 1 aliphatic heterocycles. The van der Waals surface area contributed by atoms with E-state index in [1.54, 1.807) is 4.90 Å². The first kappa shape index (κ1) is 12.6. The number of hydrogen-bond donors (Lipinski definition) is 2. The Kier molecular flexibility index (Phi) is 3.61. The lowest BCUT2D eigenvalue weighted by molar-refractivity contribution is -0.384. The summed E-state index contributed by atoms with van der Waals surface area (Å²) in [6.07, 6.45) is 2.96. The van der Waals surface area contributed by atoms with E-state index in [1.807, 2.05) is 0 Å². The number of piperidine rings is 1. The Bertz CT molecular complexity index is 457. The van der Waals surface area contributed by atoms with Crippen LogP contribution in [-0.2, 0) is 0 Å². The highest BCUT2D eigenvalue weighted by atomic mass is 16.6. The van der Waals surface area contributed by atoms with Crippen LogP contribution in [0.2, 0.25) is 0 Å². The van der Waals surface area contributed by atoms with Crippen molar-refractivity contribution in [2.75, 3.05) is 19.7 Å². The molecule has 0 radical (unpaired) electrons. The molecule has 1 aliphatic rings. The summed E-state index contributed by atoms with van der Waals surface area (Å²) in [5.41, 5.74) is 0.106. The maximum Gasteiger partial charge on any atom is 0.287 e. The molecule has 1 aromatic heterocycles. The molecule has 1 saturated heterocycles. The summed E-state index contributed by atoms with van der Waals surface area (Å²) < 4.78 is 0. The van der Waals surface area contributed by atoms with Crippen molar-refractivity contribution in [2.24, 2.45) is 5.92 Å². The Morgan fingerprint density at radius 1 is 1.67 bits per heavy atom. The van der Waals surface area contributed by atoms with E-state index in [0.717, 1.165) is 12.8 Å². The number of hydrogen-bond acceptors (Lipinski definition) is 4. The molecule has 0 bridgehead atoms. The number of nitrogens with one attached hydrogen (secondary N) is 1. The maximum absolute atomic E-state index is 12.1. The molecule has 1 aromatic rings. The Labute approximate surface area is 104 Å². The van der Waals surface area contributed by atoms with E-state index in [4.69, 9.17) is 5.11 Å². The van der Waals surface area contributed by atoms with Gasteiger partial charge in [-0.15, -0.1) is 0 Å². The van der Waals surface area contributed by atoms with Crippen molar-refractivity contribution in [3.8, 4) is 0 Å². The molecule has 98 valence electrons. The first-order valence-corrected chi connectivity index (χ1v) is 5.84. The highest BCUT2D eigenvalue weighted by molar-refractivity contribution is 5.93. The highest BCUT2D eigenvalue weighted by Gasteiger charge is 2.25. The third-order valence-corrected chi connectivity index (χ3v) is 3.17. The molecule has 18 heavy (non-hydrogen) atoms. The van der Waals surface area contributed by atoms with Crippen LogP contribution in [0.25, 0.3) is 0 Å². The first-order chi connectivity index (χ1) is 8.61. The predicted molar refractivity (Wildman–Crippen MR) is 63.2 cm³/mol. The van der Waals surface area contributed by atoms with Crippen molar-refractivity contribution >= 4 is 11.6 Å². The molecular weight excluding hydrogens is 238 g/mol. The maximum atomic E-state index is 12.1. The van der Waals surface area contributed by atoms with Gasteiger partial charge in [0.1, 0.15) is 5.69 Å². The second kappa shape index (κ2) is 5.18. The lowest BCUT2D eigenvalue weighted by Crippen LogP contribution is -2.41. The quantitative estimate of drug-likeness (QED) is 0.613. The fraction of sp³-hybridized carbons (Fsp3) is 0.545. The van der Waals surface area contributed by atoms with Crippen LogP contribution in [0.5, 0.6) is 0 Å². The molecule has 7 nitrogen and oxygen atoms in total. The van der Waals surface area contributed by atoms with Crippen LogP contribution in [-0.4, -0.2) is 45.5 Å². The molecule has 0 aliphatic carbocycles. The van der Waals surface area contributed by atoms with Gasteiger partial charge in [0.2, 0.25) is 0 Å². The monoisotopic (exact) mass is 253 g/mol. The van der Waals surface area contributed by atoms with Gasteiger partial charge in [-0.1, -0.05) is 0 Å². The lowest BCUT2D eigenvalue weighted by atomic mass is 9.99. The number of aliphatic hydroxyl groups excluding tert-OH is 1. The predicted octanol–water partition coefficient (Wildman–Crippen LogP) is 0.767. The van der Waals surface area contributed by atoms with Crippen LogP contribution in [0.4, 0.5) is 5.69 Å². The molecule has 2 heterocycles. The molecule has 1 fully saturated rings. The minimum atomic E-state index is -0.542. The Balaban J connectivity index is 2.07. The van der Waals surface area contributed by atoms with Gasteiger partial charge in [0.25, 0.3) is 11.6 Å². The van der Waals surface area contributed by atoms with Gasteiger partial charge < -0.3 is 15.0 Å². The van der Waals surface area contributed by atoms with Crippen LogP contribution in [0.3, 0.4) is 0 Å². The lowest BCUT2D eigenvalue weighted by Gasteiger charge is -2.31. The average molecular weight is 253 g/mol. The van der Waals surface area contributed by atoms with E-state index in [0.29, 0.717) is 13.1 Å². The molecule has 0 aromatic carbocycles. The number of carbonyl (C=O) groups is 1. The number of aromatic amines is 1. The summed E-state index contributed by atoms with van der Waals surface area (Å²) in [6, 6.07) is 1.24. The Morgan fingerprint density at radius 3 is 3.06 bits per heavy atom. The molecule has 0 saturated carbocycles. The van der Waals surface area contributed by atoms with Crippen molar-refractivity contribution in [3.05, 3.63) is 28.1 Å². The summed E-state index contributed by atoms with van der Waals surface area (Å²) in [4.78, 5) is 26.3. The second-order valence-corrected chi connectivity index (χ2v) is 4.47. The molecule has 2 N–H and O–H groups in total. The van der Waals surface area contributed by atoms with Crippen LogP contribution in [0.1, 0.15) is 23.3 Å². The molecule has 2 rings (SSSR count). The standard InChI is InChI=1S/C11H15N3O4/c15-7-8-2-1-3-13(6-8)11(16)10-4-9(5-12-10)14(17)18/h4-5,8,12,15H,1-3,6-7H2. The van der Waals surface area contributed by atoms with Gasteiger partial charge in [-0.2, -0.15) is 0 Å². The van der Waals surface area contributed by atoms with E-state index in [9.17, 15) is 14.9 Å². The molecule has 1 unspecified atom stereocenters. The fourth-order valence-corrected chi connectivity index (χ4v) is 2.18. The number of likely N-dealkylation sites (tertiary alicyclic amines) is 1. The van der Waals surface area contributed by atoms with E-state index in [2.05, 4.69) is 4.98 Å². The number of nitrogens with zero attached hydrogens (tertiary/aromatic N) is 2. The number of rotatable bonds is 3. The summed E-state index contributed by atoms with van der Waals surface area (Å²) in [7, 11) is 0. The van der Waals surface area contributed by atoms with E-state index in [-0.39, 0.29) is 29.8 Å². The SMILES string of the molecule is O=C(c1cc([N+](=O)[O-])c[nH]1)N1CCCC(CO)C1. The topological polar surface area (TPSA) is 99.5 Å². The Hall–Kier alpha value is -1.89. The number of amides is 1. The van der Waals surface area contributed by atoms with Crippen LogP contribution >= 0.6 is 0 Å². The summed E-state index contributed by atoms with van der Waals surface area (Å²) in [5, 5.41) is 19.6. The normalized spacial score (nSPS) is 19.8. The highest BCUT2D eigenvalue weighted by Crippen LogP contribution is 2.19. The van der Waals surface area contributed by atoms with Crippen molar-refractivity contribution in [2.45, 2.75) is 12.8 Å². The van der Waals surface area contributed by atoms with E-state index < -0.39 is 4.92 Å². The third kappa shape index (κ3) is 2.51. The van der Waals surface area contributed by atoms with Crippen molar-refractivity contribution in [1.82, 2.24) is 9.88 Å². The zero-order valence-electron chi connectivity index (χ0n) is 9.83. The average Bonchev–Trinajstić information content (AvgIpc) is 2.87. The van der Waals surface area contributed by atoms with Gasteiger partial charge in [0.05, 0.1) is 11.1 Å². The van der Waals surface area contributed by atoms with Gasteiger partial charge >= 0.3 is 0 Å². The smallest absolute Gasteiger partial charge is 0.287 e. The molecule has 1 atom stereocenters. The largest absolute Gasteiger partial charge is 0.396 e. The zero-order valence-corrected chi connectivity index (χ0v) is 9.83. The number of H-pyrrole nitrogens is 1. The van der Waals surface area contributed by atoms with Crippen molar-refractivity contribution < 1.29 is 14.8 Å². The molecule has 0 spiro atoms. The van der Waals surface area contributed by atoms with Crippen LogP contribution < -0.4 is 0 Å². The fourth-order valence-electron chi connectivity index (χ4n) is 2.18. The minimum Gasteiger partial charge on any atom is -0.396 e. The molecule has 1 amide bonds. The first-order valence-electron chi connectivity index (χ1n) is 5.84. The van der Waals surface area contributed by atoms with Gasteiger partial charge in [-0.05, 0) is 18.8 Å². The van der Waals surface area contributed by atoms with Crippen LogP contribution in [0, 0.1) is 16.0 Å². The Morgan fingerprint density at radius 2 is 2.44 bits per heavy atom.